The lowest BCUT2D eigenvalue weighted by molar-refractivity contribution is 0.0870. The normalized spacial score (nSPS) is 10.7. The van der Waals surface area contributed by atoms with Crippen LogP contribution < -0.4 is 11.1 Å². The lowest BCUT2D eigenvalue weighted by Gasteiger charge is -2.15. The zero-order valence-corrected chi connectivity index (χ0v) is 12.7. The van der Waals surface area contributed by atoms with Crippen molar-refractivity contribution >= 4 is 34.7 Å². The second-order valence-electron chi connectivity index (χ2n) is 4.09. The zero-order chi connectivity index (χ0) is 13.5. The molecule has 3 nitrogen and oxygen atoms in total. The molecule has 100 valence electrons. The first-order valence-electron chi connectivity index (χ1n) is 5.88. The average molecular weight is 284 g/mol. The number of thioether (sulfide) groups is 1. The van der Waals surface area contributed by atoms with E-state index in [4.69, 9.17) is 22.7 Å². The van der Waals surface area contributed by atoms with E-state index in [2.05, 4.69) is 5.32 Å². The molecular formula is C13H20N2OS2. The fourth-order valence-corrected chi connectivity index (χ4v) is 2.51. The van der Waals surface area contributed by atoms with Gasteiger partial charge in [0.1, 0.15) is 4.99 Å². The molecule has 1 aromatic rings. The Labute approximate surface area is 118 Å². The van der Waals surface area contributed by atoms with Crippen molar-refractivity contribution in [3.63, 3.8) is 0 Å². The van der Waals surface area contributed by atoms with Gasteiger partial charge in [-0.1, -0.05) is 18.3 Å². The Morgan fingerprint density at radius 1 is 1.50 bits per heavy atom. The third kappa shape index (κ3) is 4.48. The molecule has 0 atom stereocenters. The van der Waals surface area contributed by atoms with E-state index >= 15 is 0 Å². The van der Waals surface area contributed by atoms with Crippen molar-refractivity contribution in [2.45, 2.75) is 24.8 Å². The summed E-state index contributed by atoms with van der Waals surface area (Å²) < 4.78 is 5.49. The van der Waals surface area contributed by atoms with Crippen molar-refractivity contribution < 1.29 is 4.74 Å². The summed E-state index contributed by atoms with van der Waals surface area (Å²) in [4.78, 5) is 1.52. The van der Waals surface area contributed by atoms with Crippen LogP contribution in [0.4, 0.5) is 5.69 Å². The minimum Gasteiger partial charge on any atom is -0.389 e. The first kappa shape index (κ1) is 15.3. The van der Waals surface area contributed by atoms with E-state index < -0.39 is 0 Å². The molecule has 0 fully saturated rings. The molecule has 0 radical (unpaired) electrons. The average Bonchev–Trinajstić information content (AvgIpc) is 2.33. The predicted octanol–water partition coefficient (Wildman–Crippen LogP) is 2.88. The SMILES string of the molecule is CSc1cccc(NCCOC(C)C)c1C(N)=S. The number of nitrogens with two attached hydrogens (primary N) is 1. The monoisotopic (exact) mass is 284 g/mol. The lowest BCUT2D eigenvalue weighted by atomic mass is 10.1. The van der Waals surface area contributed by atoms with Gasteiger partial charge in [0.05, 0.1) is 12.7 Å². The maximum absolute atomic E-state index is 5.79. The Hall–Kier alpha value is -0.780. The van der Waals surface area contributed by atoms with Gasteiger partial charge in [-0.25, -0.2) is 0 Å². The van der Waals surface area contributed by atoms with Crippen LogP contribution in [0, 0.1) is 0 Å². The number of nitrogens with one attached hydrogen (secondary N) is 1. The van der Waals surface area contributed by atoms with E-state index in [9.17, 15) is 0 Å². The maximum atomic E-state index is 5.79. The second-order valence-corrected chi connectivity index (χ2v) is 5.38. The van der Waals surface area contributed by atoms with Gasteiger partial charge in [-0.3, -0.25) is 0 Å². The molecule has 18 heavy (non-hydrogen) atoms. The number of hydrogen-bond donors (Lipinski definition) is 2. The molecule has 0 aromatic heterocycles. The van der Waals surface area contributed by atoms with E-state index in [0.29, 0.717) is 11.6 Å². The largest absolute Gasteiger partial charge is 0.389 e. The Balaban J connectivity index is 2.72. The van der Waals surface area contributed by atoms with Crippen LogP contribution in [0.3, 0.4) is 0 Å². The van der Waals surface area contributed by atoms with Crippen molar-refractivity contribution in [3.05, 3.63) is 23.8 Å². The lowest BCUT2D eigenvalue weighted by Crippen LogP contribution is -2.18. The molecular weight excluding hydrogens is 264 g/mol. The molecule has 0 unspecified atom stereocenters. The van der Waals surface area contributed by atoms with Crippen molar-refractivity contribution in [1.82, 2.24) is 0 Å². The van der Waals surface area contributed by atoms with Crippen LogP contribution in [0.5, 0.6) is 0 Å². The summed E-state index contributed by atoms with van der Waals surface area (Å²) >= 11 is 6.76. The van der Waals surface area contributed by atoms with Crippen LogP contribution in [0.2, 0.25) is 0 Å². The number of thiocarbonyl (C=S) groups is 1. The van der Waals surface area contributed by atoms with Crippen LogP contribution in [-0.2, 0) is 4.74 Å². The van der Waals surface area contributed by atoms with Crippen LogP contribution in [0.25, 0.3) is 0 Å². The van der Waals surface area contributed by atoms with Gasteiger partial charge in [0.2, 0.25) is 0 Å². The number of anilines is 1. The minimum atomic E-state index is 0.249. The molecule has 1 rings (SSSR count). The number of hydrogen-bond acceptors (Lipinski definition) is 4. The minimum absolute atomic E-state index is 0.249. The molecule has 0 saturated carbocycles. The maximum Gasteiger partial charge on any atom is 0.107 e. The molecule has 0 aliphatic carbocycles. The Morgan fingerprint density at radius 3 is 2.78 bits per heavy atom. The highest BCUT2D eigenvalue weighted by molar-refractivity contribution is 7.98. The van der Waals surface area contributed by atoms with Gasteiger partial charge in [-0.05, 0) is 32.2 Å². The fourth-order valence-electron chi connectivity index (χ4n) is 1.58. The molecule has 0 bridgehead atoms. The van der Waals surface area contributed by atoms with Crippen LogP contribution in [0.15, 0.2) is 23.1 Å². The highest BCUT2D eigenvalue weighted by atomic mass is 32.2. The summed E-state index contributed by atoms with van der Waals surface area (Å²) in [6.45, 7) is 5.45. The van der Waals surface area contributed by atoms with E-state index in [-0.39, 0.29) is 6.10 Å². The van der Waals surface area contributed by atoms with E-state index in [1.807, 2.05) is 38.3 Å². The van der Waals surface area contributed by atoms with Gasteiger partial charge in [0, 0.05) is 22.7 Å². The van der Waals surface area contributed by atoms with Gasteiger partial charge < -0.3 is 15.8 Å². The predicted molar refractivity (Wildman–Crippen MR) is 83.7 cm³/mol. The van der Waals surface area contributed by atoms with Crippen LogP contribution in [-0.4, -0.2) is 30.5 Å². The first-order chi connectivity index (χ1) is 8.56. The van der Waals surface area contributed by atoms with E-state index in [1.54, 1.807) is 11.8 Å². The summed E-state index contributed by atoms with van der Waals surface area (Å²) in [6.07, 6.45) is 2.27. The second kappa shape index (κ2) is 7.61. The Morgan fingerprint density at radius 2 is 2.22 bits per heavy atom. The van der Waals surface area contributed by atoms with Crippen molar-refractivity contribution in [1.29, 1.82) is 0 Å². The third-order valence-corrected chi connectivity index (χ3v) is 3.35. The summed E-state index contributed by atoms with van der Waals surface area (Å²) in [7, 11) is 0. The fraction of sp³-hybridized carbons (Fsp3) is 0.462. The summed E-state index contributed by atoms with van der Waals surface area (Å²) in [6, 6.07) is 6.01. The quantitative estimate of drug-likeness (QED) is 0.458. The molecule has 0 aliphatic heterocycles. The smallest absolute Gasteiger partial charge is 0.107 e. The highest BCUT2D eigenvalue weighted by Crippen LogP contribution is 2.26. The Bertz CT molecular complexity index is 408. The number of benzene rings is 1. The molecule has 5 heteroatoms. The Kier molecular flexibility index (Phi) is 6.46. The highest BCUT2D eigenvalue weighted by Gasteiger charge is 2.09. The van der Waals surface area contributed by atoms with Gasteiger partial charge >= 0.3 is 0 Å². The molecule has 0 aliphatic rings. The van der Waals surface area contributed by atoms with E-state index in [1.165, 1.54) is 0 Å². The van der Waals surface area contributed by atoms with Crippen LogP contribution >= 0.6 is 24.0 Å². The third-order valence-electron chi connectivity index (χ3n) is 2.36. The number of ether oxygens (including phenoxy) is 1. The van der Waals surface area contributed by atoms with Gasteiger partial charge in [-0.2, -0.15) is 0 Å². The van der Waals surface area contributed by atoms with Crippen LogP contribution in [0.1, 0.15) is 19.4 Å². The topological polar surface area (TPSA) is 47.3 Å². The van der Waals surface area contributed by atoms with Gasteiger partial charge in [0.25, 0.3) is 0 Å². The van der Waals surface area contributed by atoms with Gasteiger partial charge in [-0.15, -0.1) is 11.8 Å². The molecule has 0 spiro atoms. The molecule has 3 N–H and O–H groups in total. The first-order valence-corrected chi connectivity index (χ1v) is 7.51. The van der Waals surface area contributed by atoms with Gasteiger partial charge in [0.15, 0.2) is 0 Å². The molecule has 0 heterocycles. The standard InChI is InChI=1S/C13H20N2OS2/c1-9(2)16-8-7-15-10-5-4-6-11(18-3)12(10)13(14)17/h4-6,9,15H,7-8H2,1-3H3,(H2,14,17). The summed E-state index contributed by atoms with van der Waals surface area (Å²) in [5, 5.41) is 3.32. The van der Waals surface area contributed by atoms with Crippen molar-refractivity contribution in [3.8, 4) is 0 Å². The molecule has 0 amide bonds. The van der Waals surface area contributed by atoms with Crippen molar-refractivity contribution in [2.24, 2.45) is 5.73 Å². The van der Waals surface area contributed by atoms with E-state index in [0.717, 1.165) is 22.7 Å². The summed E-state index contributed by atoms with van der Waals surface area (Å²) in [5.41, 5.74) is 7.68. The molecule has 0 saturated heterocycles. The van der Waals surface area contributed by atoms with Crippen molar-refractivity contribution in [2.75, 3.05) is 24.7 Å². The number of rotatable bonds is 7. The summed E-state index contributed by atoms with van der Waals surface area (Å²) in [5.74, 6) is 0. The zero-order valence-electron chi connectivity index (χ0n) is 11.0. The molecule has 1 aromatic carbocycles.